The Morgan fingerprint density at radius 3 is 2.76 bits per heavy atom. The van der Waals surface area contributed by atoms with Gasteiger partial charge in [-0.25, -0.2) is 0 Å². The molecule has 0 aliphatic carbocycles. The highest BCUT2D eigenvalue weighted by Crippen LogP contribution is 2.04. The molecule has 1 rings (SSSR count). The Kier molecular flexibility index (Phi) is 6.22. The van der Waals surface area contributed by atoms with Crippen LogP contribution in [0.15, 0.2) is 12.3 Å². The standard InChI is InChI=1S/C13H26N4/c1-5-9-14-12(11-16(2)3)6-7-13-8-10-15-17(13)4/h8,10,12,14H,5-7,9,11H2,1-4H3. The van der Waals surface area contributed by atoms with Crippen molar-refractivity contribution in [1.82, 2.24) is 20.0 Å². The van der Waals surface area contributed by atoms with E-state index in [1.165, 1.54) is 12.1 Å². The second kappa shape index (κ2) is 7.45. The number of nitrogens with zero attached hydrogens (tertiary/aromatic N) is 3. The summed E-state index contributed by atoms with van der Waals surface area (Å²) >= 11 is 0. The molecule has 1 heterocycles. The van der Waals surface area contributed by atoms with Gasteiger partial charge in [-0.05, 0) is 46.0 Å². The minimum Gasteiger partial charge on any atom is -0.313 e. The first-order valence-corrected chi connectivity index (χ1v) is 6.48. The summed E-state index contributed by atoms with van der Waals surface area (Å²) in [6, 6.07) is 2.67. The van der Waals surface area contributed by atoms with E-state index in [-0.39, 0.29) is 0 Å². The molecular formula is C13H26N4. The highest BCUT2D eigenvalue weighted by atomic mass is 15.2. The molecule has 0 aromatic carbocycles. The summed E-state index contributed by atoms with van der Waals surface area (Å²) in [5, 5.41) is 7.81. The molecule has 1 N–H and O–H groups in total. The molecule has 0 spiro atoms. The summed E-state index contributed by atoms with van der Waals surface area (Å²) in [6.45, 7) is 4.41. The molecule has 0 saturated carbocycles. The summed E-state index contributed by atoms with van der Waals surface area (Å²) < 4.78 is 1.96. The van der Waals surface area contributed by atoms with Crippen LogP contribution >= 0.6 is 0 Å². The largest absolute Gasteiger partial charge is 0.313 e. The molecule has 0 saturated heterocycles. The number of likely N-dealkylation sites (N-methyl/N-ethyl adjacent to an activating group) is 1. The normalized spacial score (nSPS) is 13.2. The van der Waals surface area contributed by atoms with E-state index >= 15 is 0 Å². The molecule has 1 aromatic heterocycles. The van der Waals surface area contributed by atoms with E-state index in [4.69, 9.17) is 0 Å². The highest BCUT2D eigenvalue weighted by molar-refractivity contribution is 5.00. The van der Waals surface area contributed by atoms with E-state index in [1.54, 1.807) is 0 Å². The van der Waals surface area contributed by atoms with E-state index < -0.39 is 0 Å². The van der Waals surface area contributed by atoms with Crippen molar-refractivity contribution in [3.8, 4) is 0 Å². The fraction of sp³-hybridized carbons (Fsp3) is 0.769. The minimum atomic E-state index is 0.569. The summed E-state index contributed by atoms with van der Waals surface area (Å²) in [5.74, 6) is 0. The van der Waals surface area contributed by atoms with Crippen molar-refractivity contribution < 1.29 is 0 Å². The molecule has 0 aliphatic heterocycles. The molecule has 1 unspecified atom stereocenters. The fourth-order valence-electron chi connectivity index (χ4n) is 2.02. The number of nitrogens with one attached hydrogen (secondary N) is 1. The average molecular weight is 238 g/mol. The van der Waals surface area contributed by atoms with Crippen molar-refractivity contribution in [2.45, 2.75) is 32.2 Å². The van der Waals surface area contributed by atoms with Crippen LogP contribution in [0.5, 0.6) is 0 Å². The Hall–Kier alpha value is -0.870. The van der Waals surface area contributed by atoms with Crippen LogP contribution in [0.25, 0.3) is 0 Å². The van der Waals surface area contributed by atoms with Gasteiger partial charge in [0.1, 0.15) is 0 Å². The maximum Gasteiger partial charge on any atom is 0.0492 e. The maximum atomic E-state index is 4.20. The van der Waals surface area contributed by atoms with Gasteiger partial charge < -0.3 is 10.2 Å². The molecule has 0 fully saturated rings. The smallest absolute Gasteiger partial charge is 0.0492 e. The van der Waals surface area contributed by atoms with Crippen LogP contribution in [-0.2, 0) is 13.5 Å². The van der Waals surface area contributed by atoms with Gasteiger partial charge in [0.15, 0.2) is 0 Å². The van der Waals surface area contributed by atoms with Gasteiger partial charge in [-0.1, -0.05) is 6.92 Å². The Morgan fingerprint density at radius 2 is 2.24 bits per heavy atom. The summed E-state index contributed by atoms with van der Waals surface area (Å²) in [5.41, 5.74) is 1.31. The van der Waals surface area contributed by atoms with E-state index in [1.807, 2.05) is 17.9 Å². The number of aryl methyl sites for hydroxylation is 2. The van der Waals surface area contributed by atoms with Crippen LogP contribution in [-0.4, -0.2) is 47.9 Å². The quantitative estimate of drug-likeness (QED) is 0.741. The molecule has 0 aliphatic rings. The number of hydrogen-bond acceptors (Lipinski definition) is 3. The van der Waals surface area contributed by atoms with Crippen LogP contribution in [0.2, 0.25) is 0 Å². The van der Waals surface area contributed by atoms with Crippen LogP contribution in [0.1, 0.15) is 25.5 Å². The lowest BCUT2D eigenvalue weighted by Crippen LogP contribution is -2.39. The van der Waals surface area contributed by atoms with Gasteiger partial charge in [-0.15, -0.1) is 0 Å². The zero-order chi connectivity index (χ0) is 12.7. The number of rotatable bonds is 8. The van der Waals surface area contributed by atoms with Crippen LogP contribution < -0.4 is 5.32 Å². The summed E-state index contributed by atoms with van der Waals surface area (Å²) in [6.07, 6.45) is 5.31. The van der Waals surface area contributed by atoms with E-state index in [0.29, 0.717) is 6.04 Å². The topological polar surface area (TPSA) is 33.1 Å². The van der Waals surface area contributed by atoms with Gasteiger partial charge >= 0.3 is 0 Å². The van der Waals surface area contributed by atoms with Crippen molar-refractivity contribution >= 4 is 0 Å². The average Bonchev–Trinajstić information content (AvgIpc) is 2.67. The van der Waals surface area contributed by atoms with E-state index in [0.717, 1.165) is 25.9 Å². The van der Waals surface area contributed by atoms with Gasteiger partial charge in [0.2, 0.25) is 0 Å². The van der Waals surface area contributed by atoms with Gasteiger partial charge in [0, 0.05) is 31.5 Å². The Labute approximate surface area is 105 Å². The van der Waals surface area contributed by atoms with E-state index in [2.05, 4.69) is 42.4 Å². The van der Waals surface area contributed by atoms with Gasteiger partial charge in [-0.3, -0.25) is 4.68 Å². The van der Waals surface area contributed by atoms with Crippen LogP contribution in [0, 0.1) is 0 Å². The number of aromatic nitrogens is 2. The van der Waals surface area contributed by atoms with Crippen molar-refractivity contribution in [1.29, 1.82) is 0 Å². The molecule has 1 aromatic rings. The third kappa shape index (κ3) is 5.33. The Morgan fingerprint density at radius 1 is 1.47 bits per heavy atom. The Balaban J connectivity index is 2.40. The van der Waals surface area contributed by atoms with Crippen LogP contribution in [0.4, 0.5) is 0 Å². The second-order valence-electron chi connectivity index (χ2n) is 4.90. The lowest BCUT2D eigenvalue weighted by Gasteiger charge is -2.22. The monoisotopic (exact) mass is 238 g/mol. The molecule has 98 valence electrons. The molecule has 0 amide bonds. The fourth-order valence-corrected chi connectivity index (χ4v) is 2.02. The maximum absolute atomic E-state index is 4.20. The zero-order valence-electron chi connectivity index (χ0n) is 11.6. The highest BCUT2D eigenvalue weighted by Gasteiger charge is 2.10. The second-order valence-corrected chi connectivity index (χ2v) is 4.90. The number of hydrogen-bond donors (Lipinski definition) is 1. The molecule has 1 atom stereocenters. The van der Waals surface area contributed by atoms with Gasteiger partial charge in [0.05, 0.1) is 0 Å². The zero-order valence-corrected chi connectivity index (χ0v) is 11.6. The van der Waals surface area contributed by atoms with Crippen molar-refractivity contribution in [2.75, 3.05) is 27.2 Å². The lowest BCUT2D eigenvalue weighted by atomic mass is 10.1. The van der Waals surface area contributed by atoms with Crippen molar-refractivity contribution in [3.63, 3.8) is 0 Å². The molecule has 4 heteroatoms. The van der Waals surface area contributed by atoms with Crippen LogP contribution in [0.3, 0.4) is 0 Å². The molecular weight excluding hydrogens is 212 g/mol. The first kappa shape index (κ1) is 14.2. The van der Waals surface area contributed by atoms with Gasteiger partial charge in [0.25, 0.3) is 0 Å². The predicted molar refractivity (Wildman–Crippen MR) is 72.2 cm³/mol. The SMILES string of the molecule is CCCNC(CCc1ccnn1C)CN(C)C. The lowest BCUT2D eigenvalue weighted by molar-refractivity contribution is 0.325. The van der Waals surface area contributed by atoms with Crippen molar-refractivity contribution in [2.24, 2.45) is 7.05 Å². The minimum absolute atomic E-state index is 0.569. The molecule has 17 heavy (non-hydrogen) atoms. The third-order valence-electron chi connectivity index (χ3n) is 2.94. The van der Waals surface area contributed by atoms with Gasteiger partial charge in [-0.2, -0.15) is 5.10 Å². The first-order chi connectivity index (χ1) is 8.13. The summed E-state index contributed by atoms with van der Waals surface area (Å²) in [7, 11) is 6.27. The third-order valence-corrected chi connectivity index (χ3v) is 2.94. The first-order valence-electron chi connectivity index (χ1n) is 6.48. The molecule has 0 radical (unpaired) electrons. The van der Waals surface area contributed by atoms with Crippen molar-refractivity contribution in [3.05, 3.63) is 18.0 Å². The Bertz CT molecular complexity index is 306. The molecule has 4 nitrogen and oxygen atoms in total. The molecule has 0 bridgehead atoms. The summed E-state index contributed by atoms with van der Waals surface area (Å²) in [4.78, 5) is 2.25. The van der Waals surface area contributed by atoms with E-state index in [9.17, 15) is 0 Å². The predicted octanol–water partition coefficient (Wildman–Crippen LogP) is 1.28.